The molecule has 166 valence electrons. The Morgan fingerprint density at radius 2 is 1.94 bits per heavy atom. The Balaban J connectivity index is 1.26. The summed E-state index contributed by atoms with van der Waals surface area (Å²) in [6.45, 7) is 0.534. The van der Waals surface area contributed by atoms with Crippen LogP contribution in [-0.4, -0.2) is 33.0 Å². The molecule has 0 bridgehead atoms. The molecule has 2 aliphatic carbocycles. The van der Waals surface area contributed by atoms with Crippen molar-refractivity contribution in [2.75, 3.05) is 5.32 Å². The van der Waals surface area contributed by atoms with Crippen molar-refractivity contribution >= 4 is 34.2 Å². The minimum atomic E-state index is -0.278. The average molecular weight is 457 g/mol. The van der Waals surface area contributed by atoms with Crippen molar-refractivity contribution in [2.45, 2.75) is 44.3 Å². The van der Waals surface area contributed by atoms with Crippen molar-refractivity contribution in [3.05, 3.63) is 71.2 Å². The van der Waals surface area contributed by atoms with Crippen LogP contribution in [0.1, 0.15) is 31.2 Å². The zero-order valence-corrected chi connectivity index (χ0v) is 18.9. The lowest BCUT2D eigenvalue weighted by atomic mass is 10.0. The van der Waals surface area contributed by atoms with Crippen molar-refractivity contribution in [3.63, 3.8) is 0 Å². The molecule has 2 fully saturated rings. The molecule has 0 saturated heterocycles. The molecule has 4 aromatic rings. The van der Waals surface area contributed by atoms with Gasteiger partial charge in [-0.25, -0.2) is 14.8 Å². The summed E-state index contributed by atoms with van der Waals surface area (Å²) in [6, 6.07) is 17.3. The second-order valence-electron chi connectivity index (χ2n) is 8.76. The molecular weight excluding hydrogens is 432 g/mol. The van der Waals surface area contributed by atoms with Gasteiger partial charge in [0.25, 0.3) is 0 Å². The van der Waals surface area contributed by atoms with Gasteiger partial charge in [0, 0.05) is 29.4 Å². The zero-order valence-electron chi connectivity index (χ0n) is 18.1. The van der Waals surface area contributed by atoms with Crippen LogP contribution in [0.15, 0.2) is 65.6 Å². The normalized spacial score (nSPS) is 15.4. The number of aromatic nitrogens is 2. The highest BCUT2D eigenvalue weighted by atomic mass is 32.1. The first-order chi connectivity index (χ1) is 16.2. The predicted molar refractivity (Wildman–Crippen MR) is 131 cm³/mol. The number of carbonyl (C=O) groups is 1. The smallest absolute Gasteiger partial charge is 0.409 e. The first-order valence-corrected chi connectivity index (χ1v) is 12.3. The number of amides is 1. The van der Waals surface area contributed by atoms with Crippen LogP contribution < -0.4 is 10.1 Å². The van der Waals surface area contributed by atoms with Crippen LogP contribution in [0.25, 0.3) is 22.0 Å². The predicted octanol–water partition coefficient (Wildman–Crippen LogP) is 6.10. The molecule has 2 aromatic carbocycles. The lowest BCUT2D eigenvalue weighted by molar-refractivity contribution is 0.146. The number of ether oxygens (including phenoxy) is 1. The summed E-state index contributed by atoms with van der Waals surface area (Å²) in [6.07, 6.45) is 5.79. The highest BCUT2D eigenvalue weighted by Gasteiger charge is 2.34. The van der Waals surface area contributed by atoms with Crippen molar-refractivity contribution in [2.24, 2.45) is 0 Å². The second kappa shape index (κ2) is 8.48. The van der Waals surface area contributed by atoms with Gasteiger partial charge < -0.3 is 15.0 Å². The molecule has 7 heteroatoms. The summed E-state index contributed by atoms with van der Waals surface area (Å²) in [4.78, 5) is 23.6. The van der Waals surface area contributed by atoms with Crippen molar-refractivity contribution in [1.29, 1.82) is 0 Å². The van der Waals surface area contributed by atoms with Gasteiger partial charge in [-0.05, 0) is 72.0 Å². The van der Waals surface area contributed by atoms with Crippen molar-refractivity contribution in [1.82, 2.24) is 14.9 Å². The molecule has 0 radical (unpaired) electrons. The summed E-state index contributed by atoms with van der Waals surface area (Å²) < 4.78 is 5.58. The maximum atomic E-state index is 12.8. The van der Waals surface area contributed by atoms with E-state index in [1.54, 1.807) is 6.33 Å². The highest BCUT2D eigenvalue weighted by Crippen LogP contribution is 2.32. The molecule has 2 aromatic heterocycles. The van der Waals surface area contributed by atoms with E-state index < -0.39 is 0 Å². The molecule has 6 rings (SSSR count). The molecule has 0 aliphatic heterocycles. The van der Waals surface area contributed by atoms with Crippen molar-refractivity contribution in [3.8, 4) is 16.9 Å². The molecule has 1 N–H and O–H groups in total. The quantitative estimate of drug-likeness (QED) is 0.364. The number of fused-ring (bicyclic) bond motifs is 1. The van der Waals surface area contributed by atoms with E-state index in [0.717, 1.165) is 46.3 Å². The Hall–Kier alpha value is -3.45. The van der Waals surface area contributed by atoms with Crippen molar-refractivity contribution < 1.29 is 9.53 Å². The lowest BCUT2D eigenvalue weighted by Crippen LogP contribution is -2.34. The van der Waals surface area contributed by atoms with E-state index in [1.165, 1.54) is 24.2 Å². The standard InChI is InChI=1S/C26H24N4O2S/c31-26(32-22-10-11-33-15-22)30(21-7-8-21)14-17-2-1-3-18(12-17)19-4-9-24-23(13-19)25(28-16-27-24)29-20-5-6-20/h1-4,9-13,15-16,20-21H,5-8,14H2,(H,27,28,29). The fourth-order valence-electron chi connectivity index (χ4n) is 4.02. The largest absolute Gasteiger partial charge is 0.415 e. The maximum absolute atomic E-state index is 12.8. The topological polar surface area (TPSA) is 67.3 Å². The number of nitrogens with one attached hydrogen (secondary N) is 1. The van der Waals surface area contributed by atoms with Gasteiger partial charge in [0.2, 0.25) is 0 Å². The minimum absolute atomic E-state index is 0.258. The van der Waals surface area contributed by atoms with Gasteiger partial charge in [0.15, 0.2) is 0 Å². The Morgan fingerprint density at radius 1 is 1.06 bits per heavy atom. The monoisotopic (exact) mass is 456 g/mol. The van der Waals surface area contributed by atoms with Gasteiger partial charge in [-0.1, -0.05) is 24.3 Å². The number of thiophene rings is 1. The van der Waals surface area contributed by atoms with E-state index in [1.807, 2.05) is 27.8 Å². The van der Waals surface area contributed by atoms with E-state index in [4.69, 9.17) is 4.74 Å². The summed E-state index contributed by atoms with van der Waals surface area (Å²) in [5, 5.41) is 8.31. The molecule has 2 aliphatic rings. The first-order valence-electron chi connectivity index (χ1n) is 11.3. The van der Waals surface area contributed by atoms with Gasteiger partial charge in [-0.2, -0.15) is 0 Å². The lowest BCUT2D eigenvalue weighted by Gasteiger charge is -2.22. The Morgan fingerprint density at radius 3 is 2.73 bits per heavy atom. The highest BCUT2D eigenvalue weighted by molar-refractivity contribution is 7.08. The van der Waals surface area contributed by atoms with Gasteiger partial charge in [-0.15, -0.1) is 11.3 Å². The fraction of sp³-hybridized carbons (Fsp3) is 0.269. The number of hydrogen-bond acceptors (Lipinski definition) is 6. The van der Waals surface area contributed by atoms with Crippen LogP contribution in [0, 0.1) is 0 Å². The van der Waals surface area contributed by atoms with E-state index in [2.05, 4.69) is 51.7 Å². The van der Waals surface area contributed by atoms with Crippen LogP contribution in [-0.2, 0) is 6.54 Å². The number of benzene rings is 2. The summed E-state index contributed by atoms with van der Waals surface area (Å²) in [7, 11) is 0. The third kappa shape index (κ3) is 4.54. The van der Waals surface area contributed by atoms with Crippen LogP contribution >= 0.6 is 11.3 Å². The number of carbonyl (C=O) groups excluding carboxylic acids is 1. The number of nitrogens with zero attached hydrogens (tertiary/aromatic N) is 3. The molecular formula is C26H24N4O2S. The van der Waals surface area contributed by atoms with Gasteiger partial charge >= 0.3 is 6.09 Å². The Bertz CT molecular complexity index is 1300. The third-order valence-electron chi connectivity index (χ3n) is 6.09. The zero-order chi connectivity index (χ0) is 22.2. The van der Waals surface area contributed by atoms with E-state index in [0.29, 0.717) is 18.3 Å². The van der Waals surface area contributed by atoms with Gasteiger partial charge in [-0.3, -0.25) is 0 Å². The summed E-state index contributed by atoms with van der Waals surface area (Å²) in [5.41, 5.74) is 4.24. The molecule has 2 saturated carbocycles. The Labute approximate surface area is 196 Å². The molecule has 1 amide bonds. The SMILES string of the molecule is O=C(Oc1ccsc1)N(Cc1cccc(-c2ccc3ncnc(NC4CC4)c3c2)c1)C1CC1. The van der Waals surface area contributed by atoms with E-state index >= 15 is 0 Å². The third-order valence-corrected chi connectivity index (χ3v) is 6.75. The van der Waals surface area contributed by atoms with Gasteiger partial charge in [0.05, 0.1) is 5.52 Å². The Kier molecular flexibility index (Phi) is 5.19. The van der Waals surface area contributed by atoms with Crippen LogP contribution in [0.2, 0.25) is 0 Å². The van der Waals surface area contributed by atoms with E-state index in [9.17, 15) is 4.79 Å². The number of rotatable bonds is 7. The fourth-order valence-corrected chi connectivity index (χ4v) is 4.57. The molecule has 0 unspecified atom stereocenters. The number of anilines is 1. The first kappa shape index (κ1) is 20.2. The number of hydrogen-bond donors (Lipinski definition) is 1. The molecule has 0 atom stereocenters. The summed E-state index contributed by atoms with van der Waals surface area (Å²) in [5.74, 6) is 1.51. The second-order valence-corrected chi connectivity index (χ2v) is 9.54. The minimum Gasteiger partial charge on any atom is -0.409 e. The van der Waals surface area contributed by atoms with Crippen LogP contribution in [0.3, 0.4) is 0 Å². The van der Waals surface area contributed by atoms with Gasteiger partial charge in [0.1, 0.15) is 17.9 Å². The molecule has 33 heavy (non-hydrogen) atoms. The average Bonchev–Trinajstić information content (AvgIpc) is 3.78. The molecule has 6 nitrogen and oxygen atoms in total. The molecule has 0 spiro atoms. The van der Waals surface area contributed by atoms with Crippen LogP contribution in [0.4, 0.5) is 10.6 Å². The van der Waals surface area contributed by atoms with E-state index in [-0.39, 0.29) is 12.1 Å². The maximum Gasteiger partial charge on any atom is 0.415 e. The van der Waals surface area contributed by atoms with Crippen LogP contribution in [0.5, 0.6) is 5.75 Å². The summed E-state index contributed by atoms with van der Waals surface area (Å²) >= 11 is 1.52. The molecule has 2 heterocycles.